The Hall–Kier alpha value is -5.08. The summed E-state index contributed by atoms with van der Waals surface area (Å²) in [5.74, 6) is 1.34. The first-order valence-electron chi connectivity index (χ1n) is 16.3. The van der Waals surface area contributed by atoms with Crippen LogP contribution >= 0.6 is 0 Å². The summed E-state index contributed by atoms with van der Waals surface area (Å²) in [5.41, 5.74) is 3.81. The third-order valence-corrected chi connectivity index (χ3v) is 8.50. The smallest absolute Gasteiger partial charge is 0.410 e. The average molecular weight is 653 g/mol. The number of rotatable bonds is 7. The van der Waals surface area contributed by atoms with Crippen molar-refractivity contribution in [2.24, 2.45) is 0 Å². The van der Waals surface area contributed by atoms with Crippen LogP contribution in [0.15, 0.2) is 59.1 Å². The molecule has 0 saturated carbocycles. The summed E-state index contributed by atoms with van der Waals surface area (Å²) in [7, 11) is 1.55. The molecule has 250 valence electrons. The summed E-state index contributed by atoms with van der Waals surface area (Å²) in [5, 5.41) is 13.0. The van der Waals surface area contributed by atoms with Crippen molar-refractivity contribution in [3.8, 4) is 40.0 Å². The molecule has 0 unspecified atom stereocenters. The number of hydrogen-bond acceptors (Lipinski definition) is 9. The monoisotopic (exact) mass is 652 g/mol. The van der Waals surface area contributed by atoms with Crippen molar-refractivity contribution in [2.45, 2.75) is 64.2 Å². The molecule has 0 aliphatic carbocycles. The number of piperidine rings is 1. The number of nitrogens with one attached hydrogen (secondary N) is 1. The number of benzene rings is 2. The summed E-state index contributed by atoms with van der Waals surface area (Å²) in [6, 6.07) is 16.7. The Morgan fingerprint density at radius 2 is 1.75 bits per heavy atom. The summed E-state index contributed by atoms with van der Waals surface area (Å²) in [6.45, 7) is 7.86. The highest BCUT2D eigenvalue weighted by Crippen LogP contribution is 2.38. The second-order valence-electron chi connectivity index (χ2n) is 13.1. The number of carbonyl (C=O) groups excluding carboxylic acids is 2. The molecule has 2 fully saturated rings. The van der Waals surface area contributed by atoms with Crippen molar-refractivity contribution < 1.29 is 33.0 Å². The van der Waals surface area contributed by atoms with Crippen LogP contribution in [0, 0.1) is 11.3 Å². The van der Waals surface area contributed by atoms with E-state index >= 15 is 0 Å². The SMILES string of the molecule is COc1cc(C(=O)NC2CCN(C(=O)OC(C)(C)C)CC2)ccc1-c1cc2nccc(-c3ccc(OC4CCOCC4)c(C#N)c3)c2o1. The summed E-state index contributed by atoms with van der Waals surface area (Å²) >= 11 is 0. The lowest BCUT2D eigenvalue weighted by Crippen LogP contribution is -2.47. The van der Waals surface area contributed by atoms with Gasteiger partial charge in [-0.3, -0.25) is 9.78 Å². The quantitative estimate of drug-likeness (QED) is 0.230. The minimum absolute atomic E-state index is 0.0217. The van der Waals surface area contributed by atoms with E-state index in [1.54, 1.807) is 42.5 Å². The van der Waals surface area contributed by atoms with Gasteiger partial charge >= 0.3 is 6.09 Å². The van der Waals surface area contributed by atoms with E-state index in [2.05, 4.69) is 16.4 Å². The molecule has 11 heteroatoms. The fraction of sp³-hybridized carbons (Fsp3) is 0.405. The van der Waals surface area contributed by atoms with Crippen molar-refractivity contribution in [3.63, 3.8) is 0 Å². The zero-order valence-electron chi connectivity index (χ0n) is 27.7. The van der Waals surface area contributed by atoms with Gasteiger partial charge in [0.2, 0.25) is 0 Å². The van der Waals surface area contributed by atoms with Gasteiger partial charge < -0.3 is 33.6 Å². The van der Waals surface area contributed by atoms with Crippen molar-refractivity contribution >= 4 is 23.1 Å². The Labute approximate surface area is 279 Å². The maximum atomic E-state index is 13.2. The van der Waals surface area contributed by atoms with Crippen LogP contribution in [-0.4, -0.2) is 73.0 Å². The first kappa shape index (κ1) is 32.8. The van der Waals surface area contributed by atoms with Crippen LogP contribution < -0.4 is 14.8 Å². The predicted molar refractivity (Wildman–Crippen MR) is 179 cm³/mol. The molecule has 2 aromatic heterocycles. The second-order valence-corrected chi connectivity index (χ2v) is 13.1. The Morgan fingerprint density at radius 1 is 0.979 bits per heavy atom. The molecule has 2 aliphatic heterocycles. The van der Waals surface area contributed by atoms with Gasteiger partial charge in [0.25, 0.3) is 5.91 Å². The van der Waals surface area contributed by atoms with E-state index < -0.39 is 5.60 Å². The van der Waals surface area contributed by atoms with Gasteiger partial charge in [-0.15, -0.1) is 0 Å². The van der Waals surface area contributed by atoms with Crippen molar-refractivity contribution in [3.05, 3.63) is 65.9 Å². The average Bonchev–Trinajstić information content (AvgIpc) is 3.53. The molecular formula is C37H40N4O7. The molecule has 0 radical (unpaired) electrons. The summed E-state index contributed by atoms with van der Waals surface area (Å²) in [4.78, 5) is 31.8. The molecule has 48 heavy (non-hydrogen) atoms. The van der Waals surface area contributed by atoms with Crippen LogP contribution in [0.1, 0.15) is 62.4 Å². The fourth-order valence-electron chi connectivity index (χ4n) is 6.00. The van der Waals surface area contributed by atoms with Gasteiger partial charge in [-0.2, -0.15) is 5.26 Å². The van der Waals surface area contributed by atoms with Crippen molar-refractivity contribution in [1.82, 2.24) is 15.2 Å². The zero-order valence-corrected chi connectivity index (χ0v) is 27.7. The molecule has 4 aromatic rings. The normalized spacial score (nSPS) is 15.9. The van der Waals surface area contributed by atoms with Crippen LogP contribution in [0.25, 0.3) is 33.6 Å². The number of likely N-dealkylation sites (tertiary alicyclic amines) is 1. The van der Waals surface area contributed by atoms with Gasteiger partial charge in [-0.1, -0.05) is 6.07 Å². The highest BCUT2D eigenvalue weighted by Gasteiger charge is 2.28. The molecule has 0 atom stereocenters. The number of hydrogen-bond donors (Lipinski definition) is 1. The maximum Gasteiger partial charge on any atom is 0.410 e. The molecule has 2 saturated heterocycles. The van der Waals surface area contributed by atoms with Gasteiger partial charge in [-0.25, -0.2) is 4.79 Å². The molecule has 2 aromatic carbocycles. The van der Waals surface area contributed by atoms with E-state index in [0.717, 1.165) is 24.0 Å². The van der Waals surface area contributed by atoms with Crippen LogP contribution in [0.3, 0.4) is 0 Å². The Kier molecular flexibility index (Phi) is 9.55. The first-order valence-corrected chi connectivity index (χ1v) is 16.3. The molecule has 0 bridgehead atoms. The fourth-order valence-corrected chi connectivity index (χ4v) is 6.00. The molecule has 1 N–H and O–H groups in total. The number of aromatic nitrogens is 1. The topological polar surface area (TPSA) is 136 Å². The summed E-state index contributed by atoms with van der Waals surface area (Å²) in [6.07, 6.45) is 4.25. The number of carbonyl (C=O) groups is 2. The molecule has 0 spiro atoms. The van der Waals surface area contributed by atoms with Gasteiger partial charge in [0, 0.05) is 55.4 Å². The number of ether oxygens (including phenoxy) is 4. The molecule has 6 rings (SSSR count). The number of amides is 2. The van der Waals surface area contributed by atoms with Crippen molar-refractivity contribution in [1.29, 1.82) is 5.26 Å². The van der Waals surface area contributed by atoms with Gasteiger partial charge in [-0.05, 0) is 75.6 Å². The van der Waals surface area contributed by atoms with Gasteiger partial charge in [0.05, 0.1) is 31.5 Å². The van der Waals surface area contributed by atoms with E-state index in [1.165, 1.54) is 0 Å². The minimum Gasteiger partial charge on any atom is -0.496 e. The van der Waals surface area contributed by atoms with Crippen LogP contribution in [-0.2, 0) is 9.47 Å². The van der Waals surface area contributed by atoms with E-state index in [4.69, 9.17) is 23.4 Å². The van der Waals surface area contributed by atoms with E-state index in [0.29, 0.717) is 84.2 Å². The number of methoxy groups -OCH3 is 1. The van der Waals surface area contributed by atoms with E-state index in [1.807, 2.05) is 45.0 Å². The number of fused-ring (bicyclic) bond motifs is 1. The number of pyridine rings is 1. The molecule has 11 nitrogen and oxygen atoms in total. The highest BCUT2D eigenvalue weighted by atomic mass is 16.6. The number of nitrogens with zero attached hydrogens (tertiary/aromatic N) is 3. The van der Waals surface area contributed by atoms with Gasteiger partial charge in [0.15, 0.2) is 5.58 Å². The first-order chi connectivity index (χ1) is 23.1. The third kappa shape index (κ3) is 7.39. The Morgan fingerprint density at radius 3 is 2.46 bits per heavy atom. The van der Waals surface area contributed by atoms with E-state index in [9.17, 15) is 14.9 Å². The predicted octanol–water partition coefficient (Wildman–Crippen LogP) is 6.73. The zero-order chi connectivity index (χ0) is 33.8. The van der Waals surface area contributed by atoms with E-state index in [-0.39, 0.29) is 24.1 Å². The lowest BCUT2D eigenvalue weighted by molar-refractivity contribution is 0.0199. The Bertz CT molecular complexity index is 1840. The second kappa shape index (κ2) is 14.0. The molecule has 2 amide bonds. The van der Waals surface area contributed by atoms with Crippen LogP contribution in [0.2, 0.25) is 0 Å². The Balaban J connectivity index is 1.17. The molecule has 4 heterocycles. The third-order valence-electron chi connectivity index (χ3n) is 8.50. The molecule has 2 aliphatic rings. The highest BCUT2D eigenvalue weighted by molar-refractivity contribution is 5.97. The lowest BCUT2D eigenvalue weighted by Gasteiger charge is -2.33. The van der Waals surface area contributed by atoms with Gasteiger partial charge in [0.1, 0.15) is 40.6 Å². The number of nitriles is 1. The standard InChI is InChI=1S/C37H40N4O7/c1-37(2,3)48-36(43)41-15-10-26(11-16-41)40-35(42)24-5-7-29(32(20-24)44-4)33-21-30-34(47-33)28(9-14-39-30)23-6-8-31(25(19-23)22-38)46-27-12-17-45-18-13-27/h5-9,14,19-21,26-27H,10-13,15-18H2,1-4H3,(H,40,42). The lowest BCUT2D eigenvalue weighted by atomic mass is 10.0. The minimum atomic E-state index is -0.552. The summed E-state index contributed by atoms with van der Waals surface area (Å²) < 4.78 is 29.1. The maximum absolute atomic E-state index is 13.2. The molecular weight excluding hydrogens is 612 g/mol. The van der Waals surface area contributed by atoms with Crippen LogP contribution in [0.4, 0.5) is 4.79 Å². The van der Waals surface area contributed by atoms with Crippen LogP contribution in [0.5, 0.6) is 11.5 Å². The van der Waals surface area contributed by atoms with Crippen molar-refractivity contribution in [2.75, 3.05) is 33.4 Å². The largest absolute Gasteiger partial charge is 0.496 e. The number of furan rings is 1.